The molecule has 1 fully saturated rings. The average molecular weight is 718 g/mol. The van der Waals surface area contributed by atoms with Gasteiger partial charge in [-0.25, -0.2) is 4.79 Å². The Bertz CT molecular complexity index is 1910. The number of carboxylic acids is 1. The molecule has 3 heterocycles. The molecule has 3 aliphatic rings. The Hall–Kier alpha value is -5.16. The number of carbonyl (C=O) groups excluding carboxylic acids is 1. The molecule has 274 valence electrons. The molecule has 6 rings (SSSR count). The Morgan fingerprint density at radius 3 is 2.40 bits per heavy atom. The molecule has 3 aliphatic heterocycles. The van der Waals surface area contributed by atoms with Crippen molar-refractivity contribution in [1.29, 1.82) is 0 Å². The monoisotopic (exact) mass is 717 g/mol. The summed E-state index contributed by atoms with van der Waals surface area (Å²) in [4.78, 5) is 36.4. The van der Waals surface area contributed by atoms with Gasteiger partial charge in [0.05, 0.1) is 24.6 Å². The van der Waals surface area contributed by atoms with Gasteiger partial charge < -0.3 is 50.3 Å². The summed E-state index contributed by atoms with van der Waals surface area (Å²) in [5.74, 6) is -3.67. The Labute approximate surface area is 297 Å². The number of aliphatic carboxylic acids is 1. The lowest BCUT2D eigenvalue weighted by molar-refractivity contribution is -0.277. The number of carbonyl (C=O) groups is 2. The van der Waals surface area contributed by atoms with E-state index in [1.54, 1.807) is 36.5 Å². The van der Waals surface area contributed by atoms with E-state index >= 15 is 0 Å². The van der Waals surface area contributed by atoms with Crippen LogP contribution in [0.15, 0.2) is 70.7 Å². The molecule has 0 bridgehead atoms. The third-order valence-electron chi connectivity index (χ3n) is 9.51. The van der Waals surface area contributed by atoms with Crippen molar-refractivity contribution in [2.45, 2.75) is 68.5 Å². The van der Waals surface area contributed by atoms with Crippen molar-refractivity contribution < 1.29 is 59.9 Å². The molecule has 0 aliphatic carbocycles. The highest BCUT2D eigenvalue weighted by Gasteiger charge is 2.48. The number of phenolic OH excluding ortho intramolecular Hbond substituents is 2. The molecule has 7 atom stereocenters. The number of phenols is 2. The lowest BCUT2D eigenvalue weighted by Gasteiger charge is -2.39. The van der Waals surface area contributed by atoms with Crippen molar-refractivity contribution in [3.05, 3.63) is 88.5 Å². The molecule has 3 aromatic rings. The predicted octanol–water partition coefficient (Wildman–Crippen LogP) is 1.02. The Morgan fingerprint density at radius 1 is 0.942 bits per heavy atom. The predicted molar refractivity (Wildman–Crippen MR) is 186 cm³/mol. The fourth-order valence-corrected chi connectivity index (χ4v) is 6.80. The topological polar surface area (TPSA) is 242 Å². The zero-order chi connectivity index (χ0) is 37.1. The number of aliphatic hydroxyl groups is 5. The molecule has 52 heavy (non-hydrogen) atoms. The van der Waals surface area contributed by atoms with Gasteiger partial charge in [-0.3, -0.25) is 19.7 Å². The average Bonchev–Trinajstić information content (AvgIpc) is 3.77. The van der Waals surface area contributed by atoms with Crippen molar-refractivity contribution in [2.24, 2.45) is 9.98 Å². The van der Waals surface area contributed by atoms with Crippen LogP contribution in [0.4, 0.5) is 5.69 Å². The molecule has 7 unspecified atom stereocenters. The number of carboxylic acid groups (broad SMARTS) is 1. The number of aliphatic imine (C=N–C) groups is 2. The molecular weight excluding hydrogens is 678 g/mol. The van der Waals surface area contributed by atoms with Crippen LogP contribution in [0.2, 0.25) is 0 Å². The van der Waals surface area contributed by atoms with Gasteiger partial charge in [-0.15, -0.1) is 0 Å². The van der Waals surface area contributed by atoms with Crippen LogP contribution >= 0.6 is 0 Å². The summed E-state index contributed by atoms with van der Waals surface area (Å²) < 4.78 is 11.2. The molecule has 1 amide bonds. The fraction of sp³-hybridized carbons (Fsp3) is 0.351. The van der Waals surface area contributed by atoms with E-state index in [-0.39, 0.29) is 30.2 Å². The number of fused-ring (bicyclic) bond motifs is 1. The van der Waals surface area contributed by atoms with E-state index in [1.807, 2.05) is 6.07 Å². The molecule has 15 nitrogen and oxygen atoms in total. The molecule has 0 aromatic heterocycles. The molecule has 15 heteroatoms. The van der Waals surface area contributed by atoms with E-state index in [0.29, 0.717) is 47.5 Å². The van der Waals surface area contributed by atoms with E-state index in [9.17, 15) is 50.4 Å². The summed E-state index contributed by atoms with van der Waals surface area (Å²) in [6, 6.07) is 12.9. The van der Waals surface area contributed by atoms with Crippen LogP contribution in [0.5, 0.6) is 17.2 Å². The number of nitrogens with zero attached hydrogens (tertiary/aromatic N) is 3. The molecular formula is C37H39N3O12. The fourth-order valence-electron chi connectivity index (χ4n) is 6.80. The molecule has 1 saturated heterocycles. The van der Waals surface area contributed by atoms with Crippen LogP contribution < -0.4 is 9.64 Å². The molecule has 0 radical (unpaired) electrons. The standard InChI is InChI=1S/C37H39N3O12/c41-16-21-4-2-1-3-20(21)7-8-24-25-13-28(44)29(51-37-35(48)34(47)33(46)30(17-42)52-37)14-26(25)40(32(24)36(49)50)31(45)10-6-19-5-9-27(43)22(11-19)12-23-15-38-18-39-23/h1-6,9-11,13-15,24,30,32-35,37,41-44,46-48H,7-8,12,16-18H2,(H,49,50). The quantitative estimate of drug-likeness (QED) is 0.123. The van der Waals surface area contributed by atoms with E-state index < -0.39 is 66.9 Å². The summed E-state index contributed by atoms with van der Waals surface area (Å²) in [5.41, 5.74) is 3.62. The third kappa shape index (κ3) is 7.41. The highest BCUT2D eigenvalue weighted by atomic mass is 16.7. The lowest BCUT2D eigenvalue weighted by atomic mass is 9.87. The summed E-state index contributed by atoms with van der Waals surface area (Å²) in [6.07, 6.45) is -3.06. The van der Waals surface area contributed by atoms with Crippen molar-refractivity contribution in [3.63, 3.8) is 0 Å². The van der Waals surface area contributed by atoms with Gasteiger partial charge >= 0.3 is 5.97 Å². The van der Waals surface area contributed by atoms with E-state index in [4.69, 9.17) is 9.47 Å². The summed E-state index contributed by atoms with van der Waals surface area (Å²) >= 11 is 0. The number of aliphatic hydroxyl groups excluding tert-OH is 5. The second-order valence-corrected chi connectivity index (χ2v) is 12.8. The maximum Gasteiger partial charge on any atom is 0.327 e. The smallest absolute Gasteiger partial charge is 0.327 e. The minimum Gasteiger partial charge on any atom is -0.508 e. The van der Waals surface area contributed by atoms with Gasteiger partial charge in [0.25, 0.3) is 5.91 Å². The zero-order valence-electron chi connectivity index (χ0n) is 27.8. The first-order chi connectivity index (χ1) is 25.0. The van der Waals surface area contributed by atoms with Crippen molar-refractivity contribution in [3.8, 4) is 17.2 Å². The maximum absolute atomic E-state index is 14.0. The van der Waals surface area contributed by atoms with Gasteiger partial charge in [0.2, 0.25) is 6.29 Å². The largest absolute Gasteiger partial charge is 0.508 e. The van der Waals surface area contributed by atoms with E-state index in [2.05, 4.69) is 9.98 Å². The van der Waals surface area contributed by atoms with Crippen LogP contribution in [-0.2, 0) is 33.8 Å². The normalized spacial score (nSPS) is 25.4. The second-order valence-electron chi connectivity index (χ2n) is 12.8. The summed E-state index contributed by atoms with van der Waals surface area (Å²) in [7, 11) is 0. The highest BCUT2D eigenvalue weighted by Crippen LogP contribution is 2.49. The van der Waals surface area contributed by atoms with E-state index in [0.717, 1.165) is 10.5 Å². The zero-order valence-corrected chi connectivity index (χ0v) is 27.8. The van der Waals surface area contributed by atoms with Gasteiger partial charge in [0.1, 0.15) is 42.9 Å². The lowest BCUT2D eigenvalue weighted by Crippen LogP contribution is -2.60. The molecule has 0 saturated carbocycles. The Balaban J connectivity index is 1.35. The first-order valence-electron chi connectivity index (χ1n) is 16.6. The first kappa shape index (κ1) is 36.6. The Morgan fingerprint density at radius 2 is 1.71 bits per heavy atom. The van der Waals surface area contributed by atoms with Gasteiger partial charge in [0.15, 0.2) is 11.5 Å². The van der Waals surface area contributed by atoms with Crippen molar-refractivity contribution >= 4 is 35.6 Å². The third-order valence-corrected chi connectivity index (χ3v) is 9.51. The number of hydrogen-bond donors (Lipinski definition) is 8. The van der Waals surface area contributed by atoms with Crippen molar-refractivity contribution in [2.75, 3.05) is 18.2 Å². The molecule has 3 aromatic carbocycles. The van der Waals surface area contributed by atoms with Crippen LogP contribution in [-0.4, -0.2) is 115 Å². The summed E-state index contributed by atoms with van der Waals surface area (Å²) in [6.45, 7) is -0.633. The van der Waals surface area contributed by atoms with Crippen LogP contribution in [0, 0.1) is 0 Å². The van der Waals surface area contributed by atoms with Gasteiger partial charge in [-0.05, 0) is 59.4 Å². The van der Waals surface area contributed by atoms with E-state index in [1.165, 1.54) is 30.4 Å². The van der Waals surface area contributed by atoms with Gasteiger partial charge in [-0.2, -0.15) is 0 Å². The minimum atomic E-state index is -1.81. The maximum atomic E-state index is 14.0. The number of aryl methyl sites for hydroxylation is 1. The second kappa shape index (κ2) is 15.6. The first-order valence-corrected chi connectivity index (χ1v) is 16.6. The summed E-state index contributed by atoms with van der Waals surface area (Å²) in [5, 5.41) is 82.6. The van der Waals surface area contributed by atoms with Gasteiger partial charge in [-0.1, -0.05) is 30.3 Å². The highest BCUT2D eigenvalue weighted by molar-refractivity contribution is 6.32. The number of hydrogen-bond acceptors (Lipinski definition) is 13. The van der Waals surface area contributed by atoms with Crippen LogP contribution in [0.3, 0.4) is 0 Å². The number of ether oxygens (including phenoxy) is 2. The number of amides is 1. The Kier molecular flexibility index (Phi) is 11.0. The minimum absolute atomic E-state index is 0.0308. The van der Waals surface area contributed by atoms with Gasteiger partial charge in [0, 0.05) is 36.3 Å². The van der Waals surface area contributed by atoms with Crippen LogP contribution in [0.25, 0.3) is 6.08 Å². The number of rotatable bonds is 12. The van der Waals surface area contributed by atoms with Crippen molar-refractivity contribution in [1.82, 2.24) is 0 Å². The molecule has 0 spiro atoms. The number of anilines is 1. The van der Waals surface area contributed by atoms with Crippen LogP contribution in [0.1, 0.15) is 40.2 Å². The SMILES string of the molecule is O=C(O)C1C(CCc2ccccc2CO)c2cc(O)c(OC3OC(CO)C(O)C(O)C3O)cc2N1C(=O)C=Cc1ccc(O)c(CC2=NCN=C2)c1. The number of benzene rings is 3. The number of aromatic hydroxyl groups is 2. The molecule has 8 N–H and O–H groups in total.